The van der Waals surface area contributed by atoms with Gasteiger partial charge in [0.1, 0.15) is 0 Å². The van der Waals surface area contributed by atoms with Crippen molar-refractivity contribution in [1.82, 2.24) is 20.0 Å². The quantitative estimate of drug-likeness (QED) is 0.625. The van der Waals surface area contributed by atoms with E-state index in [9.17, 15) is 9.59 Å². The van der Waals surface area contributed by atoms with Crippen LogP contribution in [0.1, 0.15) is 26.5 Å². The molecule has 0 radical (unpaired) electrons. The molecule has 1 N–H and O–H groups in total. The number of piperazine rings is 1. The lowest BCUT2D eigenvalue weighted by Gasteiger charge is -2.36. The van der Waals surface area contributed by atoms with Crippen LogP contribution in [0.4, 0.5) is 0 Å². The topological polar surface area (TPSA) is 81.4 Å². The Labute approximate surface area is 170 Å². The zero-order chi connectivity index (χ0) is 20.8. The van der Waals surface area contributed by atoms with Crippen molar-refractivity contribution in [3.63, 3.8) is 0 Å². The molecule has 0 aliphatic carbocycles. The van der Waals surface area contributed by atoms with E-state index < -0.39 is 0 Å². The molecule has 1 saturated heterocycles. The molecule has 0 unspecified atom stereocenters. The smallest absolute Gasteiger partial charge is 0.289 e. The molecule has 0 atom stereocenters. The summed E-state index contributed by atoms with van der Waals surface area (Å²) in [6.45, 7) is 3.22. The first-order valence-electron chi connectivity index (χ1n) is 9.58. The Morgan fingerprint density at radius 3 is 2.28 bits per heavy atom. The average Bonchev–Trinajstić information content (AvgIpc) is 3.29. The van der Waals surface area contributed by atoms with Crippen molar-refractivity contribution in [2.75, 3.05) is 47.3 Å². The lowest BCUT2D eigenvalue weighted by Crippen LogP contribution is -2.53. The van der Waals surface area contributed by atoms with Crippen LogP contribution < -0.4 is 5.32 Å². The Kier molecular flexibility index (Phi) is 6.54. The van der Waals surface area contributed by atoms with E-state index in [1.54, 1.807) is 43.1 Å². The molecule has 1 aliphatic heterocycles. The number of furan rings is 1. The zero-order valence-corrected chi connectivity index (χ0v) is 17.1. The van der Waals surface area contributed by atoms with Crippen molar-refractivity contribution >= 4 is 17.8 Å². The van der Waals surface area contributed by atoms with Gasteiger partial charge in [-0.1, -0.05) is 12.1 Å². The third-order valence-corrected chi connectivity index (χ3v) is 4.87. The average molecular weight is 397 g/mol. The molecule has 8 heteroatoms. The van der Waals surface area contributed by atoms with Gasteiger partial charge in [0.2, 0.25) is 0 Å². The summed E-state index contributed by atoms with van der Waals surface area (Å²) >= 11 is 0. The Bertz CT molecular complexity index is 851. The highest BCUT2D eigenvalue weighted by Crippen LogP contribution is 2.10. The van der Waals surface area contributed by atoms with Crippen molar-refractivity contribution in [2.45, 2.75) is 6.54 Å². The highest BCUT2D eigenvalue weighted by Gasteiger charge is 2.25. The van der Waals surface area contributed by atoms with E-state index in [2.05, 4.69) is 15.2 Å². The Morgan fingerprint density at radius 2 is 1.72 bits per heavy atom. The molecular formula is C21H27N5O3. The summed E-state index contributed by atoms with van der Waals surface area (Å²) in [6, 6.07) is 11.0. The van der Waals surface area contributed by atoms with Crippen LogP contribution in [-0.4, -0.2) is 79.8 Å². The number of benzene rings is 1. The summed E-state index contributed by atoms with van der Waals surface area (Å²) in [4.78, 5) is 34.2. The molecule has 0 spiro atoms. The summed E-state index contributed by atoms with van der Waals surface area (Å²) < 4.78 is 5.20. The van der Waals surface area contributed by atoms with Gasteiger partial charge in [0.25, 0.3) is 11.8 Å². The number of hydrogen-bond donors (Lipinski definition) is 1. The van der Waals surface area contributed by atoms with Gasteiger partial charge in [0.05, 0.1) is 6.26 Å². The third kappa shape index (κ3) is 4.96. The van der Waals surface area contributed by atoms with Crippen molar-refractivity contribution in [1.29, 1.82) is 0 Å². The second-order valence-corrected chi connectivity index (χ2v) is 7.05. The first-order chi connectivity index (χ1) is 14.0. The van der Waals surface area contributed by atoms with E-state index in [1.807, 2.05) is 24.3 Å². The molecule has 154 valence electrons. The van der Waals surface area contributed by atoms with Crippen LogP contribution >= 0.6 is 0 Å². The van der Waals surface area contributed by atoms with Gasteiger partial charge in [-0.25, -0.2) is 0 Å². The van der Waals surface area contributed by atoms with Crippen molar-refractivity contribution in [3.05, 3.63) is 59.5 Å². The molecule has 1 aromatic carbocycles. The molecule has 2 heterocycles. The summed E-state index contributed by atoms with van der Waals surface area (Å²) in [5.74, 6) is 1.08. The summed E-state index contributed by atoms with van der Waals surface area (Å²) in [7, 11) is 5.23. The molecule has 0 bridgehead atoms. The van der Waals surface area contributed by atoms with E-state index in [-0.39, 0.29) is 11.8 Å². The predicted molar refractivity (Wildman–Crippen MR) is 111 cm³/mol. The maximum atomic E-state index is 12.4. The second-order valence-electron chi connectivity index (χ2n) is 7.05. The monoisotopic (exact) mass is 397 g/mol. The predicted octanol–water partition coefficient (Wildman–Crippen LogP) is 1.51. The van der Waals surface area contributed by atoms with Crippen molar-refractivity contribution < 1.29 is 14.0 Å². The molecule has 2 aromatic rings. The van der Waals surface area contributed by atoms with Gasteiger partial charge in [-0.05, 0) is 29.8 Å². The van der Waals surface area contributed by atoms with Gasteiger partial charge >= 0.3 is 0 Å². The maximum absolute atomic E-state index is 12.4. The summed E-state index contributed by atoms with van der Waals surface area (Å²) in [5, 5.41) is 3.36. The number of carbonyl (C=O) groups excluding carboxylic acids is 2. The number of amides is 2. The highest BCUT2D eigenvalue weighted by molar-refractivity contribution is 5.94. The van der Waals surface area contributed by atoms with Gasteiger partial charge in [0, 0.05) is 59.4 Å². The number of nitrogens with zero attached hydrogens (tertiary/aromatic N) is 4. The van der Waals surface area contributed by atoms with Crippen molar-refractivity contribution in [2.24, 2.45) is 4.99 Å². The minimum Gasteiger partial charge on any atom is -0.459 e. The van der Waals surface area contributed by atoms with Crippen LogP contribution in [-0.2, 0) is 6.54 Å². The summed E-state index contributed by atoms with van der Waals surface area (Å²) in [5.41, 5.74) is 1.73. The zero-order valence-electron chi connectivity index (χ0n) is 17.1. The second kappa shape index (κ2) is 9.27. The lowest BCUT2D eigenvalue weighted by atomic mass is 10.1. The molecule has 1 aliphatic rings. The van der Waals surface area contributed by atoms with Crippen LogP contribution in [0.5, 0.6) is 0 Å². The lowest BCUT2D eigenvalue weighted by molar-refractivity contribution is 0.0657. The van der Waals surface area contributed by atoms with E-state index >= 15 is 0 Å². The first kappa shape index (κ1) is 20.4. The molecular weight excluding hydrogens is 370 g/mol. The Balaban J connectivity index is 1.51. The standard InChI is InChI=1S/C21H27N5O3/c1-22-21(23-15-16-6-8-17(9-7-16)19(27)24(2)3)26-12-10-25(11-13-26)20(28)18-5-4-14-29-18/h4-9,14H,10-13,15H2,1-3H3,(H,22,23). The van der Waals surface area contributed by atoms with Crippen LogP contribution in [0.2, 0.25) is 0 Å². The molecule has 2 amide bonds. The number of nitrogens with one attached hydrogen (secondary N) is 1. The molecule has 8 nitrogen and oxygen atoms in total. The van der Waals surface area contributed by atoms with E-state index in [0.29, 0.717) is 44.0 Å². The van der Waals surface area contributed by atoms with Crippen molar-refractivity contribution in [3.8, 4) is 0 Å². The van der Waals surface area contributed by atoms with Crippen LogP contribution in [0, 0.1) is 0 Å². The van der Waals surface area contributed by atoms with Gasteiger partial charge < -0.3 is 24.4 Å². The minimum absolute atomic E-state index is 0.0118. The Morgan fingerprint density at radius 1 is 1.07 bits per heavy atom. The van der Waals surface area contributed by atoms with Crippen LogP contribution in [0.15, 0.2) is 52.1 Å². The largest absolute Gasteiger partial charge is 0.459 e. The SMILES string of the molecule is CN=C(NCc1ccc(C(=O)N(C)C)cc1)N1CCN(C(=O)c2ccco2)CC1. The normalized spacial score (nSPS) is 14.7. The molecule has 0 saturated carbocycles. The third-order valence-electron chi connectivity index (χ3n) is 4.87. The summed E-state index contributed by atoms with van der Waals surface area (Å²) in [6.07, 6.45) is 1.51. The Hall–Kier alpha value is -3.29. The maximum Gasteiger partial charge on any atom is 0.289 e. The molecule has 3 rings (SSSR count). The first-order valence-corrected chi connectivity index (χ1v) is 9.58. The van der Waals surface area contributed by atoms with Gasteiger partial charge in [-0.2, -0.15) is 0 Å². The van der Waals surface area contributed by atoms with E-state index in [1.165, 1.54) is 6.26 Å². The highest BCUT2D eigenvalue weighted by atomic mass is 16.3. The number of guanidine groups is 1. The molecule has 29 heavy (non-hydrogen) atoms. The van der Waals surface area contributed by atoms with Gasteiger partial charge in [-0.15, -0.1) is 0 Å². The number of aliphatic imine (C=N–C) groups is 1. The van der Waals surface area contributed by atoms with Gasteiger partial charge in [0.15, 0.2) is 11.7 Å². The fraction of sp³-hybridized carbons (Fsp3) is 0.381. The number of hydrogen-bond acceptors (Lipinski definition) is 4. The fourth-order valence-corrected chi connectivity index (χ4v) is 3.21. The fourth-order valence-electron chi connectivity index (χ4n) is 3.21. The van der Waals surface area contributed by atoms with Gasteiger partial charge in [-0.3, -0.25) is 14.6 Å². The van der Waals surface area contributed by atoms with Crippen LogP contribution in [0.25, 0.3) is 0 Å². The van der Waals surface area contributed by atoms with E-state index in [4.69, 9.17) is 4.42 Å². The minimum atomic E-state index is -0.0787. The number of rotatable bonds is 4. The number of carbonyl (C=O) groups is 2. The van der Waals surface area contributed by atoms with E-state index in [0.717, 1.165) is 11.5 Å². The molecule has 1 aromatic heterocycles. The molecule has 1 fully saturated rings. The van der Waals surface area contributed by atoms with Crippen LogP contribution in [0.3, 0.4) is 0 Å².